The number of amides is 2. The third-order valence-corrected chi connectivity index (χ3v) is 12.0. The summed E-state index contributed by atoms with van der Waals surface area (Å²) in [6.07, 6.45) is 29.3. The van der Waals surface area contributed by atoms with Crippen LogP contribution in [0.5, 0.6) is 0 Å². The van der Waals surface area contributed by atoms with E-state index >= 15 is 0 Å². The molecule has 1 saturated carbocycles. The molecule has 1 aliphatic rings. The van der Waals surface area contributed by atoms with Crippen LogP contribution in [0.3, 0.4) is 0 Å². The average molecular weight is 837 g/mol. The van der Waals surface area contributed by atoms with Gasteiger partial charge in [-0.3, -0.25) is 19.2 Å². The highest BCUT2D eigenvalue weighted by molar-refractivity contribution is 5.83. The van der Waals surface area contributed by atoms with Crippen LogP contribution in [0.25, 0.3) is 0 Å². The van der Waals surface area contributed by atoms with Crippen molar-refractivity contribution in [3.8, 4) is 0 Å². The molecule has 59 heavy (non-hydrogen) atoms. The first-order valence-electron chi connectivity index (χ1n) is 24.4. The largest absolute Gasteiger partial charge is 0.458 e. The van der Waals surface area contributed by atoms with Crippen molar-refractivity contribution in [2.45, 2.75) is 270 Å². The van der Waals surface area contributed by atoms with E-state index in [4.69, 9.17) is 18.9 Å². The first-order chi connectivity index (χ1) is 28.3. The summed E-state index contributed by atoms with van der Waals surface area (Å²) in [5, 5.41) is 5.94. The Morgan fingerprint density at radius 2 is 0.915 bits per heavy atom. The van der Waals surface area contributed by atoms with E-state index in [1.807, 2.05) is 13.8 Å². The number of methoxy groups -OCH3 is 1. The molecule has 0 aliphatic heterocycles. The lowest BCUT2D eigenvalue weighted by atomic mass is 10.0. The van der Waals surface area contributed by atoms with E-state index in [0.717, 1.165) is 57.8 Å². The van der Waals surface area contributed by atoms with E-state index in [1.165, 1.54) is 103 Å². The second-order valence-electron chi connectivity index (χ2n) is 18.6. The van der Waals surface area contributed by atoms with E-state index in [2.05, 4.69) is 38.3 Å². The van der Waals surface area contributed by atoms with Gasteiger partial charge >= 0.3 is 11.9 Å². The second-order valence-corrected chi connectivity index (χ2v) is 18.6. The van der Waals surface area contributed by atoms with Crippen molar-refractivity contribution >= 4 is 23.8 Å². The van der Waals surface area contributed by atoms with Gasteiger partial charge in [0.1, 0.15) is 12.2 Å². The normalized spacial score (nSPS) is 16.9. The molecule has 1 fully saturated rings. The Balaban J connectivity index is 2.49. The molecule has 346 valence electrons. The molecule has 2 unspecified atom stereocenters. The zero-order chi connectivity index (χ0) is 43.6. The number of carbonyl (C=O) groups is 4. The Kier molecular flexibility index (Phi) is 32.0. The van der Waals surface area contributed by atoms with Crippen molar-refractivity contribution in [3.63, 3.8) is 0 Å². The lowest BCUT2D eigenvalue weighted by Crippen LogP contribution is -2.35. The lowest BCUT2D eigenvalue weighted by molar-refractivity contribution is -0.165. The SMILES string of the molecule is CCCCCCCCCCCCCC(=O)OC1CC(NC(=O)CCC(=O)NCCCC(C)(C)OCCC(C)(C)OC)CC1OC(=O)CCCCCCCCCCCCC. The van der Waals surface area contributed by atoms with E-state index in [1.54, 1.807) is 7.11 Å². The highest BCUT2D eigenvalue weighted by Crippen LogP contribution is 2.28. The number of ether oxygens (including phenoxy) is 4. The van der Waals surface area contributed by atoms with Gasteiger partial charge in [-0.25, -0.2) is 0 Å². The number of unbranched alkanes of at least 4 members (excludes halogenated alkanes) is 20. The van der Waals surface area contributed by atoms with Crippen molar-refractivity contribution < 1.29 is 38.1 Å². The zero-order valence-electron chi connectivity index (χ0n) is 39.3. The highest BCUT2D eigenvalue weighted by atomic mass is 16.6. The fraction of sp³-hybridized carbons (Fsp3) is 0.918. The molecule has 0 aromatic rings. The van der Waals surface area contributed by atoms with Crippen molar-refractivity contribution in [2.75, 3.05) is 20.3 Å². The predicted molar refractivity (Wildman–Crippen MR) is 240 cm³/mol. The third kappa shape index (κ3) is 31.3. The Bertz CT molecular complexity index is 1050. The van der Waals surface area contributed by atoms with Crippen molar-refractivity contribution in [3.05, 3.63) is 0 Å². The molecule has 10 heteroatoms. The summed E-state index contributed by atoms with van der Waals surface area (Å²) in [6.45, 7) is 13.8. The van der Waals surface area contributed by atoms with Crippen LogP contribution in [0, 0.1) is 0 Å². The molecule has 1 aliphatic carbocycles. The van der Waals surface area contributed by atoms with Crippen LogP contribution in [0.15, 0.2) is 0 Å². The number of carbonyl (C=O) groups excluding carboxylic acids is 4. The summed E-state index contributed by atoms with van der Waals surface area (Å²) in [6, 6.07) is -0.304. The maximum absolute atomic E-state index is 12.9. The topological polar surface area (TPSA) is 129 Å². The van der Waals surface area contributed by atoms with Gasteiger partial charge in [0, 0.05) is 58.2 Å². The minimum Gasteiger partial charge on any atom is -0.458 e. The monoisotopic (exact) mass is 837 g/mol. The molecule has 0 radical (unpaired) electrons. The van der Waals surface area contributed by atoms with Crippen LogP contribution in [0.1, 0.15) is 241 Å². The van der Waals surface area contributed by atoms with Gasteiger partial charge < -0.3 is 29.6 Å². The Morgan fingerprint density at radius 1 is 0.508 bits per heavy atom. The number of esters is 2. The average Bonchev–Trinajstić information content (AvgIpc) is 3.55. The van der Waals surface area contributed by atoms with E-state index in [9.17, 15) is 19.2 Å². The molecular weight excluding hydrogens is 745 g/mol. The maximum atomic E-state index is 12.9. The number of hydrogen-bond acceptors (Lipinski definition) is 8. The Morgan fingerprint density at radius 3 is 1.34 bits per heavy atom. The molecule has 2 N–H and O–H groups in total. The molecule has 2 atom stereocenters. The third-order valence-electron chi connectivity index (χ3n) is 12.0. The number of hydrogen-bond donors (Lipinski definition) is 2. The van der Waals surface area contributed by atoms with E-state index in [0.29, 0.717) is 38.8 Å². The Hall–Kier alpha value is -2.20. The van der Waals surface area contributed by atoms with Gasteiger partial charge in [-0.1, -0.05) is 142 Å². The minimum absolute atomic E-state index is 0.0544. The number of rotatable bonds is 39. The van der Waals surface area contributed by atoms with Crippen molar-refractivity contribution in [1.82, 2.24) is 10.6 Å². The van der Waals surface area contributed by atoms with Crippen molar-refractivity contribution in [2.24, 2.45) is 0 Å². The molecule has 0 heterocycles. The summed E-state index contributed by atoms with van der Waals surface area (Å²) in [5.74, 6) is -0.954. The lowest BCUT2D eigenvalue weighted by Gasteiger charge is -2.29. The molecule has 1 rings (SSSR count). The molecule has 0 saturated heterocycles. The fourth-order valence-electron chi connectivity index (χ4n) is 7.75. The summed E-state index contributed by atoms with van der Waals surface area (Å²) in [7, 11) is 1.71. The van der Waals surface area contributed by atoms with Gasteiger partial charge in [-0.2, -0.15) is 0 Å². The van der Waals surface area contributed by atoms with Gasteiger partial charge in [0.25, 0.3) is 0 Å². The van der Waals surface area contributed by atoms with Crippen LogP contribution in [0.2, 0.25) is 0 Å². The molecule has 0 aromatic carbocycles. The molecule has 0 spiro atoms. The minimum atomic E-state index is -0.593. The maximum Gasteiger partial charge on any atom is 0.306 e. The van der Waals surface area contributed by atoms with Gasteiger partial charge in [0.15, 0.2) is 0 Å². The molecule has 10 nitrogen and oxygen atoms in total. The van der Waals surface area contributed by atoms with Crippen molar-refractivity contribution in [1.29, 1.82) is 0 Å². The van der Waals surface area contributed by atoms with E-state index in [-0.39, 0.29) is 53.8 Å². The second kappa shape index (κ2) is 34.4. The van der Waals surface area contributed by atoms with Crippen LogP contribution < -0.4 is 10.6 Å². The molecular formula is C49H92N2O8. The van der Waals surface area contributed by atoms with Gasteiger partial charge in [-0.05, 0) is 59.8 Å². The highest BCUT2D eigenvalue weighted by Gasteiger charge is 2.40. The zero-order valence-corrected chi connectivity index (χ0v) is 39.3. The predicted octanol–water partition coefficient (Wildman–Crippen LogP) is 11.8. The Labute approximate surface area is 361 Å². The van der Waals surface area contributed by atoms with Crippen LogP contribution in [0.4, 0.5) is 0 Å². The summed E-state index contributed by atoms with van der Waals surface area (Å²) in [4.78, 5) is 51.4. The van der Waals surface area contributed by atoms with Crippen LogP contribution in [-0.4, -0.2) is 73.5 Å². The van der Waals surface area contributed by atoms with Gasteiger partial charge in [-0.15, -0.1) is 0 Å². The molecule has 2 amide bonds. The van der Waals surface area contributed by atoms with Gasteiger partial charge in [0.05, 0.1) is 17.8 Å². The molecule has 0 aromatic heterocycles. The first kappa shape index (κ1) is 54.8. The first-order valence-corrected chi connectivity index (χ1v) is 24.4. The standard InChI is InChI=1S/C49H92N2O8/c1-8-10-12-14-16-18-20-22-24-26-28-31-46(54)58-42-39-41(40-43(42)59-47(55)32-29-27-25-23-21-19-17-15-13-11-9-2)51-45(53)34-33-44(52)50-37-30-35-49(5,6)57-38-36-48(3,4)56-7/h41-43H,8-40H2,1-7H3,(H,50,52)(H,51,53). The van der Waals surface area contributed by atoms with Crippen LogP contribution in [-0.2, 0) is 38.1 Å². The van der Waals surface area contributed by atoms with Crippen LogP contribution >= 0.6 is 0 Å². The summed E-state index contributed by atoms with van der Waals surface area (Å²) >= 11 is 0. The summed E-state index contributed by atoms with van der Waals surface area (Å²) < 4.78 is 23.4. The van der Waals surface area contributed by atoms with Gasteiger partial charge in [0.2, 0.25) is 11.8 Å². The smallest absolute Gasteiger partial charge is 0.306 e. The fourth-order valence-corrected chi connectivity index (χ4v) is 7.75. The molecule has 0 bridgehead atoms. The number of nitrogens with one attached hydrogen (secondary N) is 2. The van der Waals surface area contributed by atoms with E-state index < -0.39 is 12.2 Å². The summed E-state index contributed by atoms with van der Waals surface area (Å²) in [5.41, 5.74) is -0.540. The quantitative estimate of drug-likeness (QED) is 0.0462.